The number of fused-ring (bicyclic) bond motifs is 4. The number of alkyl carbamates (subject to hydrolysis) is 1. The van der Waals surface area contributed by atoms with Crippen LogP contribution >= 0.6 is 0 Å². The molecule has 45 heavy (non-hydrogen) atoms. The molecule has 11 heteroatoms. The summed E-state index contributed by atoms with van der Waals surface area (Å²) in [7, 11) is 0. The lowest BCUT2D eigenvalue weighted by Crippen LogP contribution is -2.63. The number of ether oxygens (including phenoxy) is 5. The Morgan fingerprint density at radius 3 is 2.53 bits per heavy atom. The van der Waals surface area contributed by atoms with Crippen LogP contribution in [0, 0.1) is 5.92 Å². The van der Waals surface area contributed by atoms with Gasteiger partial charge in [0.15, 0.2) is 5.92 Å². The summed E-state index contributed by atoms with van der Waals surface area (Å²) < 4.78 is 44.4. The van der Waals surface area contributed by atoms with Crippen molar-refractivity contribution in [1.29, 1.82) is 0 Å². The largest absolute Gasteiger partial charge is 0.460 e. The van der Waals surface area contributed by atoms with Crippen LogP contribution in [0.25, 0.3) is 11.0 Å². The molecule has 2 atom stereocenters. The maximum absolute atomic E-state index is 16.1. The van der Waals surface area contributed by atoms with E-state index in [1.807, 2.05) is 57.2 Å². The van der Waals surface area contributed by atoms with Crippen molar-refractivity contribution >= 4 is 23.1 Å². The Kier molecular flexibility index (Phi) is 8.43. The third-order valence-electron chi connectivity index (χ3n) is 8.92. The van der Waals surface area contributed by atoms with Crippen molar-refractivity contribution in [3.8, 4) is 5.88 Å². The monoisotopic (exact) mass is 621 g/mol. The Hall–Kier alpha value is -3.83. The average molecular weight is 622 g/mol. The third kappa shape index (κ3) is 7.04. The molecule has 10 nitrogen and oxygen atoms in total. The van der Waals surface area contributed by atoms with Crippen molar-refractivity contribution in [2.75, 3.05) is 19.8 Å². The summed E-state index contributed by atoms with van der Waals surface area (Å²) in [5.41, 5.74) is 1.73. The van der Waals surface area contributed by atoms with Crippen molar-refractivity contribution in [3.05, 3.63) is 65.9 Å². The van der Waals surface area contributed by atoms with Gasteiger partial charge < -0.3 is 29.0 Å². The molecule has 4 aliphatic rings. The Labute approximate surface area is 261 Å². The number of halogens is 1. The summed E-state index contributed by atoms with van der Waals surface area (Å²) in [4.78, 5) is 34.3. The molecule has 0 spiro atoms. The summed E-state index contributed by atoms with van der Waals surface area (Å²) in [6.45, 7) is 5.44. The first-order valence-corrected chi connectivity index (χ1v) is 15.5. The molecule has 3 aromatic rings. The molecule has 3 saturated heterocycles. The van der Waals surface area contributed by atoms with Crippen molar-refractivity contribution in [2.24, 2.45) is 5.92 Å². The second-order valence-electron chi connectivity index (χ2n) is 13.4. The minimum absolute atomic E-state index is 0.0297. The molecular formula is C34H40FN3O7. The summed E-state index contributed by atoms with van der Waals surface area (Å²) in [6.07, 6.45) is 6.01. The minimum Gasteiger partial charge on any atom is -0.460 e. The van der Waals surface area contributed by atoms with Gasteiger partial charge in [-0.05, 0) is 82.6 Å². The fourth-order valence-electron chi connectivity index (χ4n) is 6.34. The van der Waals surface area contributed by atoms with Gasteiger partial charge in [-0.25, -0.2) is 9.78 Å². The number of nitrogens with zero attached hydrogens (tertiary/aromatic N) is 2. The lowest BCUT2D eigenvalue weighted by Gasteiger charge is -2.53. The van der Waals surface area contributed by atoms with Gasteiger partial charge in [0.05, 0.1) is 35.4 Å². The van der Waals surface area contributed by atoms with E-state index in [0.717, 1.165) is 43.2 Å². The zero-order valence-electron chi connectivity index (χ0n) is 26.0. The molecule has 3 aliphatic heterocycles. The molecule has 0 radical (unpaired) electrons. The van der Waals surface area contributed by atoms with E-state index in [4.69, 9.17) is 23.7 Å². The normalized spacial score (nSPS) is 27.7. The van der Waals surface area contributed by atoms with Gasteiger partial charge in [-0.3, -0.25) is 9.78 Å². The van der Waals surface area contributed by atoms with Crippen LogP contribution in [-0.2, 0) is 36.8 Å². The summed E-state index contributed by atoms with van der Waals surface area (Å²) in [5, 5.41) is 3.07. The number of aryl methyl sites for hydroxylation is 1. The Balaban J connectivity index is 1.10. The van der Waals surface area contributed by atoms with Crippen LogP contribution in [0.2, 0.25) is 0 Å². The lowest BCUT2D eigenvalue weighted by molar-refractivity contribution is -0.165. The molecule has 4 fully saturated rings. The first-order chi connectivity index (χ1) is 21.5. The number of carbonyl (C=O) groups excluding carboxylic acids is 2. The number of hydrogen-bond donors (Lipinski definition) is 1. The molecule has 1 aromatic carbocycles. The molecule has 2 bridgehead atoms. The van der Waals surface area contributed by atoms with Crippen molar-refractivity contribution in [1.82, 2.24) is 15.3 Å². The molecular weight excluding hydrogens is 581 g/mol. The van der Waals surface area contributed by atoms with Crippen LogP contribution in [0.3, 0.4) is 0 Å². The third-order valence-corrected chi connectivity index (χ3v) is 8.92. The van der Waals surface area contributed by atoms with Crippen LogP contribution in [0.5, 0.6) is 5.88 Å². The first kappa shape index (κ1) is 31.2. The smallest absolute Gasteiger partial charge is 0.408 e. The average Bonchev–Trinajstić information content (AvgIpc) is 3.40. The minimum atomic E-state index is -2.42. The number of esters is 1. The second-order valence-corrected chi connectivity index (χ2v) is 13.4. The van der Waals surface area contributed by atoms with E-state index in [9.17, 15) is 9.59 Å². The first-order valence-electron chi connectivity index (χ1n) is 15.5. The summed E-state index contributed by atoms with van der Waals surface area (Å²) in [6, 6.07) is 14.4. The molecule has 1 amide bonds. The van der Waals surface area contributed by atoms with E-state index >= 15 is 4.39 Å². The number of aromatic nitrogens is 2. The Bertz CT molecular complexity index is 1520. The molecule has 1 aliphatic carbocycles. The van der Waals surface area contributed by atoms with Crippen LogP contribution < -0.4 is 10.1 Å². The summed E-state index contributed by atoms with van der Waals surface area (Å²) in [5.74, 6) is -4.37. The molecule has 7 rings (SSSR count). The predicted octanol–water partition coefficient (Wildman–Crippen LogP) is 5.60. The number of benzene rings is 1. The Morgan fingerprint density at radius 1 is 1.04 bits per heavy atom. The Morgan fingerprint density at radius 2 is 1.82 bits per heavy atom. The van der Waals surface area contributed by atoms with Gasteiger partial charge in [-0.15, -0.1) is 0 Å². The summed E-state index contributed by atoms with van der Waals surface area (Å²) >= 11 is 0. The quantitative estimate of drug-likeness (QED) is 0.305. The van der Waals surface area contributed by atoms with Crippen molar-refractivity contribution in [2.45, 2.75) is 88.5 Å². The maximum atomic E-state index is 16.1. The van der Waals surface area contributed by atoms with E-state index in [0.29, 0.717) is 24.1 Å². The van der Waals surface area contributed by atoms with E-state index in [1.54, 1.807) is 18.3 Å². The van der Waals surface area contributed by atoms with Crippen molar-refractivity contribution in [3.63, 3.8) is 0 Å². The highest BCUT2D eigenvalue weighted by molar-refractivity contribution is 5.78. The van der Waals surface area contributed by atoms with Crippen LogP contribution in [0.1, 0.15) is 64.0 Å². The SMILES string of the molecule is CC(C)(C)OC(=O)NC12CCC(CCc3ccnc4ccc(O[C@]5(F)COC[C@H]5C(=O)OCc5ccccc5)nc34)(CC1)OC2. The van der Waals surface area contributed by atoms with E-state index in [1.165, 1.54) is 0 Å². The van der Waals surface area contributed by atoms with Gasteiger partial charge in [-0.1, -0.05) is 30.3 Å². The topological polar surface area (TPSA) is 118 Å². The molecule has 1 N–H and O–H groups in total. The second kappa shape index (κ2) is 12.2. The highest BCUT2D eigenvalue weighted by atomic mass is 19.2. The highest BCUT2D eigenvalue weighted by Crippen LogP contribution is 2.46. The van der Waals surface area contributed by atoms with E-state index in [-0.39, 0.29) is 24.7 Å². The van der Waals surface area contributed by atoms with Gasteiger partial charge in [-0.2, -0.15) is 4.39 Å². The number of hydrogen-bond acceptors (Lipinski definition) is 9. The molecule has 240 valence electrons. The number of alkyl halides is 1. The maximum Gasteiger partial charge on any atom is 0.408 e. The lowest BCUT2D eigenvalue weighted by atomic mass is 9.69. The standard InChI is InChI=1S/C34H40FN3O7/c1-31(2,3)45-30(40)38-32-14-16-33(17-15-32,43-21-32)13-11-24-12-18-36-26-9-10-27(37-28(24)26)44-34(35)22-41-20-25(34)29(39)42-19-23-7-5-4-6-8-23/h4-10,12,18,25H,11,13-17,19-22H2,1-3H3,(H,38,40)/t25-,32?,33?,34+/m0/s1. The van der Waals surface area contributed by atoms with E-state index in [2.05, 4.69) is 15.3 Å². The molecule has 1 saturated carbocycles. The van der Waals surface area contributed by atoms with Crippen LogP contribution in [0.4, 0.5) is 9.18 Å². The van der Waals surface area contributed by atoms with Gasteiger partial charge in [0.25, 0.3) is 5.85 Å². The van der Waals surface area contributed by atoms with Gasteiger partial charge >= 0.3 is 12.1 Å². The predicted molar refractivity (Wildman–Crippen MR) is 162 cm³/mol. The fourth-order valence-corrected chi connectivity index (χ4v) is 6.34. The van der Waals surface area contributed by atoms with E-state index < -0.39 is 41.6 Å². The van der Waals surface area contributed by atoms with Crippen LogP contribution in [0.15, 0.2) is 54.7 Å². The van der Waals surface area contributed by atoms with Gasteiger partial charge in [0.1, 0.15) is 18.8 Å². The fraction of sp³-hybridized carbons (Fsp3) is 0.529. The van der Waals surface area contributed by atoms with Crippen LogP contribution in [-0.4, -0.2) is 64.4 Å². The number of amides is 1. The van der Waals surface area contributed by atoms with Gasteiger partial charge in [0.2, 0.25) is 5.88 Å². The number of nitrogens with one attached hydrogen (secondary N) is 1. The zero-order chi connectivity index (χ0) is 31.7. The zero-order valence-corrected chi connectivity index (χ0v) is 26.0. The number of pyridine rings is 2. The molecule has 2 aromatic heterocycles. The molecule has 5 heterocycles. The number of carbonyl (C=O) groups is 2. The van der Waals surface area contributed by atoms with Gasteiger partial charge in [0, 0.05) is 12.3 Å². The molecule has 0 unspecified atom stereocenters. The number of rotatable bonds is 9. The van der Waals surface area contributed by atoms with Crippen molar-refractivity contribution < 1.29 is 37.7 Å². The highest BCUT2D eigenvalue weighted by Gasteiger charge is 2.53.